The van der Waals surface area contributed by atoms with Gasteiger partial charge in [-0.1, -0.05) is 12.1 Å². The molecule has 2 aromatic rings. The zero-order valence-electron chi connectivity index (χ0n) is 16.1. The van der Waals surface area contributed by atoms with Crippen molar-refractivity contribution in [3.05, 3.63) is 58.1 Å². The van der Waals surface area contributed by atoms with Crippen molar-refractivity contribution in [2.75, 3.05) is 21.2 Å². The number of sulfonamides is 1. The predicted molar refractivity (Wildman–Crippen MR) is 111 cm³/mol. The van der Waals surface area contributed by atoms with Crippen LogP contribution in [0.15, 0.2) is 51.8 Å². The third-order valence-corrected chi connectivity index (χ3v) is 7.51. The molecule has 0 aliphatic heterocycles. The second kappa shape index (κ2) is 8.23. The molecule has 1 amide bonds. The maximum absolute atomic E-state index is 13.2. The van der Waals surface area contributed by atoms with Crippen LogP contribution >= 0.6 is 15.9 Å². The summed E-state index contributed by atoms with van der Waals surface area (Å²) in [5.41, 5.74) is 1.36. The highest BCUT2D eigenvalue weighted by atomic mass is 79.9. The first-order valence-electron chi connectivity index (χ1n) is 8.90. The average Bonchev–Trinajstić information content (AvgIpc) is 3.51. The van der Waals surface area contributed by atoms with Gasteiger partial charge < -0.3 is 9.64 Å². The molecule has 2 aromatic carbocycles. The Labute approximate surface area is 174 Å². The van der Waals surface area contributed by atoms with E-state index in [1.165, 1.54) is 20.2 Å². The molecule has 0 atom stereocenters. The second-order valence-corrected chi connectivity index (χ2v) is 9.92. The van der Waals surface area contributed by atoms with Gasteiger partial charge in [-0.25, -0.2) is 12.7 Å². The molecule has 150 valence electrons. The Kier molecular flexibility index (Phi) is 6.12. The van der Waals surface area contributed by atoms with Gasteiger partial charge in [-0.15, -0.1) is 0 Å². The van der Waals surface area contributed by atoms with Crippen molar-refractivity contribution in [2.45, 2.75) is 30.3 Å². The monoisotopic (exact) mass is 466 g/mol. The molecule has 0 aromatic heterocycles. The first kappa shape index (κ1) is 20.8. The van der Waals surface area contributed by atoms with Crippen LogP contribution in [0.5, 0.6) is 5.75 Å². The molecule has 3 rings (SSSR count). The number of hydrogen-bond donors (Lipinski definition) is 0. The van der Waals surface area contributed by atoms with Crippen LogP contribution < -0.4 is 4.74 Å². The number of nitrogens with zero attached hydrogens (tertiary/aromatic N) is 2. The summed E-state index contributed by atoms with van der Waals surface area (Å²) < 4.78 is 31.9. The van der Waals surface area contributed by atoms with Gasteiger partial charge in [-0.3, -0.25) is 4.79 Å². The summed E-state index contributed by atoms with van der Waals surface area (Å²) in [6.07, 6.45) is 1.92. The summed E-state index contributed by atoms with van der Waals surface area (Å²) in [6, 6.07) is 12.5. The highest BCUT2D eigenvalue weighted by molar-refractivity contribution is 9.10. The predicted octanol–water partition coefficient (Wildman–Crippen LogP) is 3.51. The maximum Gasteiger partial charge on any atom is 0.254 e. The Bertz CT molecular complexity index is 970. The molecule has 8 heteroatoms. The molecule has 0 N–H and O–H groups in total. The quantitative estimate of drug-likeness (QED) is 0.625. The summed E-state index contributed by atoms with van der Waals surface area (Å²) >= 11 is 3.29. The lowest BCUT2D eigenvalue weighted by Crippen LogP contribution is -2.33. The Morgan fingerprint density at radius 3 is 2.32 bits per heavy atom. The van der Waals surface area contributed by atoms with Crippen LogP contribution in [0.1, 0.15) is 28.8 Å². The van der Waals surface area contributed by atoms with Crippen molar-refractivity contribution in [3.8, 4) is 5.75 Å². The van der Waals surface area contributed by atoms with E-state index in [1.807, 2.05) is 29.2 Å². The Morgan fingerprint density at radius 2 is 1.79 bits per heavy atom. The number of benzene rings is 2. The summed E-state index contributed by atoms with van der Waals surface area (Å²) in [4.78, 5) is 15.1. The van der Waals surface area contributed by atoms with Gasteiger partial charge in [0.15, 0.2) is 0 Å². The Hall–Kier alpha value is -1.90. The standard InChI is InChI=1S/C20H23BrN2O4S/c1-22(2)28(25,26)19-12-15(6-11-18(19)21)20(24)23(16-7-8-16)13-14-4-9-17(27-3)10-5-14/h4-6,9-12,16H,7-8,13H2,1-3H3. The van der Waals surface area contributed by atoms with E-state index < -0.39 is 10.0 Å². The van der Waals surface area contributed by atoms with Crippen LogP contribution in [0.3, 0.4) is 0 Å². The van der Waals surface area contributed by atoms with E-state index in [9.17, 15) is 13.2 Å². The van der Waals surface area contributed by atoms with Crippen molar-refractivity contribution in [3.63, 3.8) is 0 Å². The number of halogens is 1. The molecule has 1 aliphatic rings. The van der Waals surface area contributed by atoms with Crippen molar-refractivity contribution in [1.29, 1.82) is 0 Å². The smallest absolute Gasteiger partial charge is 0.254 e. The van der Waals surface area contributed by atoms with E-state index in [4.69, 9.17) is 4.74 Å². The molecule has 6 nitrogen and oxygen atoms in total. The van der Waals surface area contributed by atoms with E-state index in [-0.39, 0.29) is 16.8 Å². The molecular formula is C20H23BrN2O4S. The van der Waals surface area contributed by atoms with Crippen LogP contribution in [0.4, 0.5) is 0 Å². The largest absolute Gasteiger partial charge is 0.497 e. The van der Waals surface area contributed by atoms with Crippen molar-refractivity contribution < 1.29 is 17.9 Å². The van der Waals surface area contributed by atoms with Crippen LogP contribution in [0.2, 0.25) is 0 Å². The number of hydrogen-bond acceptors (Lipinski definition) is 4. The van der Waals surface area contributed by atoms with Gasteiger partial charge in [-0.2, -0.15) is 0 Å². The second-order valence-electron chi connectivity index (χ2n) is 6.94. The van der Waals surface area contributed by atoms with Crippen LogP contribution in [-0.4, -0.2) is 50.8 Å². The molecule has 28 heavy (non-hydrogen) atoms. The molecule has 0 saturated heterocycles. The van der Waals surface area contributed by atoms with Crippen molar-refractivity contribution in [2.24, 2.45) is 0 Å². The minimum absolute atomic E-state index is 0.0866. The van der Waals surface area contributed by atoms with E-state index in [0.29, 0.717) is 16.6 Å². The van der Waals surface area contributed by atoms with E-state index in [0.717, 1.165) is 28.5 Å². The van der Waals surface area contributed by atoms with Gasteiger partial charge in [0.05, 0.1) is 12.0 Å². The lowest BCUT2D eigenvalue weighted by molar-refractivity contribution is 0.0729. The van der Waals surface area contributed by atoms with Gasteiger partial charge in [-0.05, 0) is 64.7 Å². The highest BCUT2D eigenvalue weighted by Crippen LogP contribution is 2.32. The van der Waals surface area contributed by atoms with E-state index in [1.54, 1.807) is 19.2 Å². The van der Waals surface area contributed by atoms with Crippen molar-refractivity contribution in [1.82, 2.24) is 9.21 Å². The van der Waals surface area contributed by atoms with Gasteiger partial charge in [0.1, 0.15) is 5.75 Å². The summed E-state index contributed by atoms with van der Waals surface area (Å²) in [5, 5.41) is 0. The summed E-state index contributed by atoms with van der Waals surface area (Å²) in [7, 11) is 0.892. The topological polar surface area (TPSA) is 66.9 Å². The minimum atomic E-state index is -3.66. The first-order valence-corrected chi connectivity index (χ1v) is 11.1. The normalized spacial score (nSPS) is 14.2. The number of carbonyl (C=O) groups excluding carboxylic acids is 1. The fourth-order valence-corrected chi connectivity index (χ4v) is 4.72. The number of rotatable bonds is 7. The highest BCUT2D eigenvalue weighted by Gasteiger charge is 2.34. The van der Waals surface area contributed by atoms with Crippen LogP contribution in [0, 0.1) is 0 Å². The van der Waals surface area contributed by atoms with Crippen LogP contribution in [-0.2, 0) is 16.6 Å². The molecule has 0 unspecified atom stereocenters. The van der Waals surface area contributed by atoms with Gasteiger partial charge in [0.2, 0.25) is 10.0 Å². The zero-order chi connectivity index (χ0) is 20.5. The molecule has 1 aliphatic carbocycles. The number of ether oxygens (including phenoxy) is 1. The minimum Gasteiger partial charge on any atom is -0.497 e. The first-order chi connectivity index (χ1) is 13.2. The molecule has 0 spiro atoms. The lowest BCUT2D eigenvalue weighted by Gasteiger charge is -2.23. The zero-order valence-corrected chi connectivity index (χ0v) is 18.5. The lowest BCUT2D eigenvalue weighted by atomic mass is 10.1. The van der Waals surface area contributed by atoms with Gasteiger partial charge >= 0.3 is 0 Å². The fourth-order valence-electron chi connectivity index (χ4n) is 2.88. The molecule has 0 radical (unpaired) electrons. The molecule has 1 fully saturated rings. The molecule has 0 heterocycles. The van der Waals surface area contributed by atoms with Crippen LogP contribution in [0.25, 0.3) is 0 Å². The third-order valence-electron chi connectivity index (χ3n) is 4.70. The van der Waals surface area contributed by atoms with E-state index >= 15 is 0 Å². The third kappa shape index (κ3) is 4.39. The average molecular weight is 467 g/mol. The summed E-state index contributed by atoms with van der Waals surface area (Å²) in [5.74, 6) is 0.598. The van der Waals surface area contributed by atoms with Crippen molar-refractivity contribution >= 4 is 31.9 Å². The fraction of sp³-hybridized carbons (Fsp3) is 0.350. The van der Waals surface area contributed by atoms with Gasteiger partial charge in [0, 0.05) is 36.7 Å². The Morgan fingerprint density at radius 1 is 1.14 bits per heavy atom. The molecular weight excluding hydrogens is 444 g/mol. The van der Waals surface area contributed by atoms with Gasteiger partial charge in [0.25, 0.3) is 5.91 Å². The maximum atomic E-state index is 13.2. The number of methoxy groups -OCH3 is 1. The SMILES string of the molecule is COc1ccc(CN(C(=O)c2ccc(Br)c(S(=O)(=O)N(C)C)c2)C2CC2)cc1. The molecule has 1 saturated carbocycles. The Balaban J connectivity index is 1.89. The summed E-state index contributed by atoms with van der Waals surface area (Å²) in [6.45, 7) is 0.472. The number of carbonyl (C=O) groups is 1. The van der Waals surface area contributed by atoms with E-state index in [2.05, 4.69) is 15.9 Å². The number of amides is 1. The molecule has 0 bridgehead atoms.